The van der Waals surface area contributed by atoms with Gasteiger partial charge < -0.3 is 15.7 Å². The summed E-state index contributed by atoms with van der Waals surface area (Å²) in [6, 6.07) is 4.45. The summed E-state index contributed by atoms with van der Waals surface area (Å²) in [6.45, 7) is 1.80. The molecule has 1 aromatic carbocycles. The highest BCUT2D eigenvalue weighted by atomic mass is 19.4. The fourth-order valence-electron chi connectivity index (χ4n) is 3.11. The maximum absolute atomic E-state index is 14.1. The fourth-order valence-corrected chi connectivity index (χ4v) is 3.11. The summed E-state index contributed by atoms with van der Waals surface area (Å²) in [5.41, 5.74) is 1.43. The highest BCUT2D eigenvalue weighted by Crippen LogP contribution is 2.30. The van der Waals surface area contributed by atoms with Crippen molar-refractivity contribution in [2.24, 2.45) is 0 Å². The third-order valence-electron chi connectivity index (χ3n) is 4.60. The van der Waals surface area contributed by atoms with Crippen LogP contribution in [-0.4, -0.2) is 48.2 Å². The van der Waals surface area contributed by atoms with Crippen LogP contribution in [0.1, 0.15) is 37.2 Å². The summed E-state index contributed by atoms with van der Waals surface area (Å²) in [7, 11) is 0. The summed E-state index contributed by atoms with van der Waals surface area (Å²) in [5, 5.41) is 15.8. The SMILES string of the molecule is O=C(O)C(F)(F)F.O=C1CCC(Nc2ccc(F)c(C3CCNCC3)c2)C(=O)N1. The molecule has 2 aliphatic rings. The first-order valence-electron chi connectivity index (χ1n) is 8.98. The second-order valence-corrected chi connectivity index (χ2v) is 6.71. The summed E-state index contributed by atoms with van der Waals surface area (Å²) in [4.78, 5) is 31.8. The van der Waals surface area contributed by atoms with E-state index >= 15 is 0 Å². The van der Waals surface area contributed by atoms with Crippen LogP contribution in [0.2, 0.25) is 0 Å². The van der Waals surface area contributed by atoms with Crippen molar-refractivity contribution in [3.05, 3.63) is 29.6 Å². The quantitative estimate of drug-likeness (QED) is 0.442. The van der Waals surface area contributed by atoms with Crippen molar-refractivity contribution >= 4 is 23.5 Å². The van der Waals surface area contributed by atoms with E-state index in [1.54, 1.807) is 12.1 Å². The van der Waals surface area contributed by atoms with E-state index in [9.17, 15) is 27.2 Å². The number of carboxylic acids is 1. The molecule has 29 heavy (non-hydrogen) atoms. The molecule has 2 aliphatic heterocycles. The van der Waals surface area contributed by atoms with Crippen LogP contribution in [0, 0.1) is 5.82 Å². The highest BCUT2D eigenvalue weighted by molar-refractivity contribution is 6.01. The number of carbonyl (C=O) groups is 3. The van der Waals surface area contributed by atoms with Gasteiger partial charge in [-0.2, -0.15) is 13.2 Å². The average molecular weight is 419 g/mol. The van der Waals surface area contributed by atoms with Crippen molar-refractivity contribution in [1.29, 1.82) is 0 Å². The van der Waals surface area contributed by atoms with E-state index in [1.165, 1.54) is 6.07 Å². The molecule has 2 heterocycles. The number of benzene rings is 1. The van der Waals surface area contributed by atoms with Crippen LogP contribution in [0.5, 0.6) is 0 Å². The molecule has 4 N–H and O–H groups in total. The molecule has 3 rings (SSSR count). The normalized spacial score (nSPS) is 20.3. The molecule has 0 aromatic heterocycles. The number of hydrogen-bond donors (Lipinski definition) is 4. The monoisotopic (exact) mass is 419 g/mol. The number of piperidine rings is 2. The van der Waals surface area contributed by atoms with Gasteiger partial charge in [0.05, 0.1) is 0 Å². The molecule has 0 saturated carbocycles. The minimum Gasteiger partial charge on any atom is -0.475 e. The van der Waals surface area contributed by atoms with Crippen LogP contribution in [0.4, 0.5) is 23.2 Å². The second kappa shape index (κ2) is 9.68. The molecule has 0 bridgehead atoms. The van der Waals surface area contributed by atoms with Crippen LogP contribution in [0.15, 0.2) is 18.2 Å². The number of hydrogen-bond acceptors (Lipinski definition) is 5. The first-order chi connectivity index (χ1) is 13.6. The Bertz CT molecular complexity index is 764. The Labute approximate surface area is 163 Å². The summed E-state index contributed by atoms with van der Waals surface area (Å²) < 4.78 is 45.8. The molecule has 160 valence electrons. The molecule has 7 nitrogen and oxygen atoms in total. The predicted octanol–water partition coefficient (Wildman–Crippen LogP) is 2.14. The number of amides is 2. The Morgan fingerprint density at radius 1 is 1.14 bits per heavy atom. The predicted molar refractivity (Wildman–Crippen MR) is 94.7 cm³/mol. The lowest BCUT2D eigenvalue weighted by Crippen LogP contribution is -2.47. The van der Waals surface area contributed by atoms with Gasteiger partial charge in [0.1, 0.15) is 11.9 Å². The number of imide groups is 1. The van der Waals surface area contributed by atoms with Crippen molar-refractivity contribution < 1.29 is 37.1 Å². The van der Waals surface area contributed by atoms with Crippen molar-refractivity contribution in [1.82, 2.24) is 10.6 Å². The highest BCUT2D eigenvalue weighted by Gasteiger charge is 2.38. The number of carboxylic acid groups (broad SMARTS) is 1. The van der Waals surface area contributed by atoms with Crippen molar-refractivity contribution in [3.8, 4) is 0 Å². The summed E-state index contributed by atoms with van der Waals surface area (Å²) in [6.07, 6.45) is -2.46. The van der Waals surface area contributed by atoms with Crippen LogP contribution >= 0.6 is 0 Å². The zero-order valence-electron chi connectivity index (χ0n) is 15.3. The zero-order valence-corrected chi connectivity index (χ0v) is 15.3. The maximum Gasteiger partial charge on any atom is 0.490 e. The summed E-state index contributed by atoms with van der Waals surface area (Å²) >= 11 is 0. The Balaban J connectivity index is 0.000000370. The third-order valence-corrected chi connectivity index (χ3v) is 4.60. The van der Waals surface area contributed by atoms with E-state index in [-0.39, 0.29) is 23.5 Å². The molecule has 2 saturated heterocycles. The van der Waals surface area contributed by atoms with E-state index in [4.69, 9.17) is 9.90 Å². The number of aliphatic carboxylic acids is 1. The largest absolute Gasteiger partial charge is 0.490 e. The third kappa shape index (κ3) is 6.70. The lowest BCUT2D eigenvalue weighted by atomic mass is 9.89. The van der Waals surface area contributed by atoms with Gasteiger partial charge in [-0.05, 0) is 62.0 Å². The second-order valence-electron chi connectivity index (χ2n) is 6.71. The average Bonchev–Trinajstić information content (AvgIpc) is 2.66. The molecule has 0 spiro atoms. The van der Waals surface area contributed by atoms with Gasteiger partial charge in [-0.3, -0.25) is 14.9 Å². The van der Waals surface area contributed by atoms with E-state index < -0.39 is 18.2 Å². The van der Waals surface area contributed by atoms with Gasteiger partial charge >= 0.3 is 12.1 Å². The number of anilines is 1. The topological polar surface area (TPSA) is 108 Å². The van der Waals surface area contributed by atoms with Gasteiger partial charge in [0.25, 0.3) is 0 Å². The van der Waals surface area contributed by atoms with Crippen molar-refractivity contribution in [3.63, 3.8) is 0 Å². The van der Waals surface area contributed by atoms with E-state index in [2.05, 4.69) is 16.0 Å². The van der Waals surface area contributed by atoms with E-state index in [0.717, 1.165) is 31.6 Å². The van der Waals surface area contributed by atoms with Gasteiger partial charge in [-0.25, -0.2) is 9.18 Å². The van der Waals surface area contributed by atoms with Crippen molar-refractivity contribution in [2.75, 3.05) is 18.4 Å². The number of alkyl halides is 3. The van der Waals surface area contributed by atoms with Crippen LogP contribution in [0.25, 0.3) is 0 Å². The van der Waals surface area contributed by atoms with Gasteiger partial charge in [0.15, 0.2) is 0 Å². The number of rotatable bonds is 3. The van der Waals surface area contributed by atoms with Gasteiger partial charge in [-0.1, -0.05) is 0 Å². The minimum atomic E-state index is -5.08. The van der Waals surface area contributed by atoms with Crippen molar-refractivity contribution in [2.45, 2.75) is 43.8 Å². The zero-order chi connectivity index (χ0) is 21.6. The molecule has 11 heteroatoms. The molecule has 0 radical (unpaired) electrons. The molecular formula is C18H21F4N3O4. The molecule has 0 aliphatic carbocycles. The van der Waals surface area contributed by atoms with Crippen LogP contribution < -0.4 is 16.0 Å². The molecule has 1 atom stereocenters. The molecule has 1 unspecified atom stereocenters. The first kappa shape index (κ1) is 22.6. The standard InChI is InChI=1S/C16H20FN3O2.C2HF3O2/c17-13-2-1-11(9-12(13)10-5-7-18-8-6-10)19-14-3-4-15(21)20-16(14)22;3-2(4,5)1(6)7/h1-2,9-10,14,18-19H,3-8H2,(H,20,21,22);(H,6,7). The Hall–Kier alpha value is -2.69. The molecular weight excluding hydrogens is 398 g/mol. The Kier molecular flexibility index (Phi) is 7.54. The van der Waals surface area contributed by atoms with Gasteiger partial charge in [0.2, 0.25) is 11.8 Å². The summed E-state index contributed by atoms with van der Waals surface area (Å²) in [5.74, 6) is -3.29. The smallest absolute Gasteiger partial charge is 0.475 e. The fraction of sp³-hybridized carbons (Fsp3) is 0.500. The maximum atomic E-state index is 14.1. The Morgan fingerprint density at radius 3 is 2.31 bits per heavy atom. The van der Waals surface area contributed by atoms with Crippen LogP contribution in [-0.2, 0) is 14.4 Å². The van der Waals surface area contributed by atoms with Crippen LogP contribution in [0.3, 0.4) is 0 Å². The first-order valence-corrected chi connectivity index (χ1v) is 8.98. The van der Waals surface area contributed by atoms with E-state index in [0.29, 0.717) is 18.4 Å². The minimum absolute atomic E-state index is 0.194. The number of nitrogens with one attached hydrogen (secondary N) is 3. The van der Waals surface area contributed by atoms with Gasteiger partial charge in [-0.15, -0.1) is 0 Å². The number of halogens is 4. The lowest BCUT2D eigenvalue weighted by Gasteiger charge is -2.26. The number of carbonyl (C=O) groups excluding carboxylic acids is 2. The molecule has 1 aromatic rings. The van der Waals surface area contributed by atoms with Gasteiger partial charge in [0, 0.05) is 12.1 Å². The molecule has 2 fully saturated rings. The lowest BCUT2D eigenvalue weighted by molar-refractivity contribution is -0.192. The van der Waals surface area contributed by atoms with E-state index in [1.807, 2.05) is 0 Å². The molecule has 2 amide bonds. The Morgan fingerprint density at radius 2 is 1.76 bits per heavy atom.